The number of rotatable bonds is 15. The maximum atomic E-state index is 12.0. The maximum Gasteiger partial charge on any atom is 0.303 e. The molecule has 2 atom stereocenters. The average Bonchev–Trinajstić information content (AvgIpc) is 3.40. The first-order chi connectivity index (χ1) is 24.9. The zero-order valence-corrected chi connectivity index (χ0v) is 32.7. The van der Waals surface area contributed by atoms with E-state index in [9.17, 15) is 53.9 Å². The first-order valence-corrected chi connectivity index (χ1v) is 21.9. The van der Waals surface area contributed by atoms with Crippen LogP contribution in [0.4, 0.5) is 11.4 Å². The summed E-state index contributed by atoms with van der Waals surface area (Å²) in [6.45, 7) is 7.97. The summed E-state index contributed by atoms with van der Waals surface area (Å²) < 4.78 is 99.6. The molecule has 0 radical (unpaired) electrons. The van der Waals surface area contributed by atoms with Crippen molar-refractivity contribution in [3.05, 3.63) is 82.4 Å². The number of benzene rings is 2. The van der Waals surface area contributed by atoms with E-state index in [4.69, 9.17) is 5.11 Å². The van der Waals surface area contributed by atoms with Crippen LogP contribution in [0.3, 0.4) is 0 Å². The molecule has 2 aliphatic heterocycles. The van der Waals surface area contributed by atoms with Crippen molar-refractivity contribution in [2.24, 2.45) is 5.92 Å². The summed E-state index contributed by atoms with van der Waals surface area (Å²) in [5.41, 5.74) is 1.97. The topological polar surface area (TPSA) is 247 Å². The lowest BCUT2D eigenvalue weighted by atomic mass is 9.75. The molecule has 0 fully saturated rings. The van der Waals surface area contributed by atoms with Gasteiger partial charge in [-0.05, 0) is 79.3 Å². The van der Waals surface area contributed by atoms with E-state index >= 15 is 0 Å². The molecule has 15 nitrogen and oxygen atoms in total. The highest BCUT2D eigenvalue weighted by molar-refractivity contribution is 7.86. The number of unbranched alkanes of at least 4 members (excludes halogenated alkanes) is 3. The summed E-state index contributed by atoms with van der Waals surface area (Å²) in [6.07, 6.45) is 4.18. The minimum Gasteiger partial charge on any atom is -0.511 e. The molecule has 0 aromatic heterocycles. The summed E-state index contributed by atoms with van der Waals surface area (Å²) in [7, 11) is -13.3. The molecular weight excluding hydrogens is 765 g/mol. The van der Waals surface area contributed by atoms with Crippen LogP contribution in [0, 0.1) is 5.92 Å². The molecule has 2 unspecified atom stereocenters. The molecule has 296 valence electrons. The van der Waals surface area contributed by atoms with E-state index in [1.807, 2.05) is 23.6 Å². The van der Waals surface area contributed by atoms with E-state index < -0.39 is 64.9 Å². The van der Waals surface area contributed by atoms with E-state index in [0.29, 0.717) is 66.1 Å². The predicted octanol–water partition coefficient (Wildman–Crippen LogP) is 4.96. The third kappa shape index (κ3) is 8.24. The smallest absolute Gasteiger partial charge is 0.303 e. The summed E-state index contributed by atoms with van der Waals surface area (Å²) in [6, 6.07) is 8.38. The van der Waals surface area contributed by atoms with Crippen molar-refractivity contribution in [3.63, 3.8) is 0 Å². The van der Waals surface area contributed by atoms with Crippen LogP contribution in [-0.4, -0.2) is 85.1 Å². The molecule has 2 aromatic carbocycles. The number of nitrogens with zero attached hydrogens (tertiary/aromatic N) is 2. The molecule has 1 aliphatic carbocycles. The molecule has 5 rings (SSSR count). The van der Waals surface area contributed by atoms with Crippen LogP contribution in [0.2, 0.25) is 0 Å². The van der Waals surface area contributed by atoms with Crippen LogP contribution in [0.5, 0.6) is 0 Å². The van der Waals surface area contributed by atoms with Gasteiger partial charge in [-0.3, -0.25) is 18.5 Å². The molecule has 0 amide bonds. The Morgan fingerprint density at radius 1 is 0.741 bits per heavy atom. The Balaban J connectivity index is 1.53. The van der Waals surface area contributed by atoms with Gasteiger partial charge in [-0.15, -0.1) is 0 Å². The quantitative estimate of drug-likeness (QED) is 0.103. The van der Waals surface area contributed by atoms with Gasteiger partial charge in [0.25, 0.3) is 30.4 Å². The molecule has 18 heteroatoms. The van der Waals surface area contributed by atoms with Gasteiger partial charge in [-0.1, -0.05) is 40.2 Å². The van der Waals surface area contributed by atoms with Crippen molar-refractivity contribution in [3.8, 4) is 0 Å². The number of fused-ring (bicyclic) bond motifs is 2. The fraction of sp³-hybridized carbons (Fsp3) is 0.472. The van der Waals surface area contributed by atoms with Crippen molar-refractivity contribution in [2.45, 2.75) is 92.9 Å². The summed E-state index contributed by atoms with van der Waals surface area (Å²) in [5.74, 6) is -2.40. The minimum atomic E-state index is -4.55. The van der Waals surface area contributed by atoms with Crippen molar-refractivity contribution < 1.29 is 59.0 Å². The lowest BCUT2D eigenvalue weighted by Gasteiger charge is -2.37. The van der Waals surface area contributed by atoms with Gasteiger partial charge in [0.1, 0.15) is 5.76 Å². The number of carbonyl (C=O) groups is 1. The Morgan fingerprint density at radius 2 is 1.22 bits per heavy atom. The van der Waals surface area contributed by atoms with E-state index in [-0.39, 0.29) is 40.5 Å². The van der Waals surface area contributed by atoms with Gasteiger partial charge in [0.2, 0.25) is 0 Å². The van der Waals surface area contributed by atoms with Gasteiger partial charge in [-0.2, -0.15) is 25.3 Å². The van der Waals surface area contributed by atoms with Gasteiger partial charge in [-0.25, -0.2) is 0 Å². The van der Waals surface area contributed by atoms with Crippen molar-refractivity contribution in [2.75, 3.05) is 28.6 Å². The number of carboxylic acid groups (broad SMARTS) is 1. The molecule has 0 saturated carbocycles. The van der Waals surface area contributed by atoms with Gasteiger partial charge < -0.3 is 25.1 Å². The Morgan fingerprint density at radius 3 is 1.69 bits per heavy atom. The van der Waals surface area contributed by atoms with Gasteiger partial charge in [0.15, 0.2) is 0 Å². The fourth-order valence-corrected chi connectivity index (χ4v) is 9.17. The van der Waals surface area contributed by atoms with E-state index in [1.54, 1.807) is 32.1 Å². The predicted molar refractivity (Wildman–Crippen MR) is 200 cm³/mol. The zero-order chi connectivity index (χ0) is 40.2. The highest BCUT2D eigenvalue weighted by Crippen LogP contribution is 2.52. The lowest BCUT2D eigenvalue weighted by Crippen LogP contribution is -2.38. The summed E-state index contributed by atoms with van der Waals surface area (Å²) in [4.78, 5) is 14.2. The lowest BCUT2D eigenvalue weighted by molar-refractivity contribution is -0.137. The van der Waals surface area contributed by atoms with Crippen molar-refractivity contribution in [1.29, 1.82) is 0 Å². The number of aliphatic hydroxyl groups excluding tert-OH is 2. The largest absolute Gasteiger partial charge is 0.511 e. The second-order valence-corrected chi connectivity index (χ2v) is 19.4. The Bertz CT molecular complexity index is 2280. The second-order valence-electron chi connectivity index (χ2n) is 15.0. The minimum absolute atomic E-state index is 0.0132. The second kappa shape index (κ2) is 14.7. The van der Waals surface area contributed by atoms with E-state index in [1.165, 1.54) is 30.3 Å². The molecule has 0 spiro atoms. The zero-order valence-electron chi connectivity index (χ0n) is 30.3. The highest BCUT2D eigenvalue weighted by Gasteiger charge is 2.47. The van der Waals surface area contributed by atoms with Crippen LogP contribution < -0.4 is 9.80 Å². The number of hydrogen-bond donors (Lipinski definition) is 6. The number of aliphatic carboxylic acids is 1. The molecule has 6 N–H and O–H groups in total. The highest BCUT2D eigenvalue weighted by atomic mass is 32.2. The fourth-order valence-electron chi connectivity index (χ4n) is 7.59. The number of allylic oxidation sites excluding steroid dienone is 2. The average molecular weight is 811 g/mol. The molecule has 0 bridgehead atoms. The van der Waals surface area contributed by atoms with E-state index in [2.05, 4.69) is 0 Å². The molecule has 0 saturated heterocycles. The number of anilines is 2. The molecular formula is C36H46N2O13S3. The Hall–Kier alpha value is -3.78. The first-order valence-electron chi connectivity index (χ1n) is 17.4. The maximum absolute atomic E-state index is 12.0. The number of aliphatic hydroxyl groups is 2. The molecule has 3 aliphatic rings. The number of hydrogen-bond acceptors (Lipinski definition) is 11. The number of carboxylic acids is 1. The van der Waals surface area contributed by atoms with Crippen molar-refractivity contribution in [1.82, 2.24) is 0 Å². The van der Waals surface area contributed by atoms with Crippen molar-refractivity contribution >= 4 is 47.7 Å². The van der Waals surface area contributed by atoms with Crippen LogP contribution in [0.25, 0.3) is 0 Å². The van der Waals surface area contributed by atoms with E-state index in [0.717, 1.165) is 0 Å². The normalized spacial score (nSPS) is 22.1. The Kier molecular flexibility index (Phi) is 11.3. The summed E-state index contributed by atoms with van der Waals surface area (Å²) >= 11 is 0. The Labute approximate surface area is 315 Å². The molecule has 54 heavy (non-hydrogen) atoms. The van der Waals surface area contributed by atoms with Gasteiger partial charge in [0.05, 0.1) is 27.6 Å². The monoisotopic (exact) mass is 810 g/mol. The van der Waals surface area contributed by atoms with Crippen LogP contribution in [0.15, 0.2) is 81.1 Å². The van der Waals surface area contributed by atoms with Gasteiger partial charge in [0, 0.05) is 58.7 Å². The molecule has 2 aromatic rings. The third-order valence-electron chi connectivity index (χ3n) is 10.5. The van der Waals surface area contributed by atoms with Crippen LogP contribution in [0.1, 0.15) is 77.3 Å². The van der Waals surface area contributed by atoms with Gasteiger partial charge >= 0.3 is 5.97 Å². The van der Waals surface area contributed by atoms with Crippen LogP contribution in [-0.2, 0) is 46.0 Å². The molecule has 2 heterocycles. The third-order valence-corrected chi connectivity index (χ3v) is 13.0. The standard InChI is InChI=1S/C36H46N2O13S3/c1-35(2)26-18-22(53(46,47)48)11-13-28(26)37(15-7-5-6-10-32(39)40)30(35)20-24-33(41)25(34(24)42)21-31-36(3,4)27-19-23(54(49,50)51)12-14-29(27)38(31)16-8-9-17-52(43,44)45/h11-14,18-21,24,33,41-42H,5-10,15-17H2,1-4H3,(H,39,40)(H,43,44,45)(H,46,47,48)(H,49,50,51). The summed E-state index contributed by atoms with van der Waals surface area (Å²) in [5, 5.41) is 32.2. The SMILES string of the molecule is CC1(C)C(=CC2C(O)=C(C=C3N(CCCCS(=O)(=O)O)c4ccc(S(=O)(=O)O)cc4C3(C)C)C2O)N(CCCCCC(=O)O)c2ccc(S(=O)(=O)O)cc21. The first kappa shape index (κ1) is 41.4. The van der Waals surface area contributed by atoms with Crippen LogP contribution >= 0.6 is 0 Å².